The Bertz CT molecular complexity index is 868. The summed E-state index contributed by atoms with van der Waals surface area (Å²) >= 11 is 0.755. The molecule has 0 radical (unpaired) electrons. The molecular weight excluding hydrogens is 396 g/mol. The molecule has 8 nitrogen and oxygen atoms in total. The molecule has 3 rings (SSSR count). The number of para-hydroxylation sites is 1. The molecule has 2 saturated heterocycles. The molecule has 0 aromatic heterocycles. The quantitative estimate of drug-likeness (QED) is 0.708. The third-order valence-corrected chi connectivity index (χ3v) is 5.75. The van der Waals surface area contributed by atoms with Crippen LogP contribution in [-0.2, 0) is 14.4 Å². The van der Waals surface area contributed by atoms with E-state index < -0.39 is 23.7 Å². The summed E-state index contributed by atoms with van der Waals surface area (Å²) in [5, 5.41) is 8.29. The van der Waals surface area contributed by atoms with E-state index in [4.69, 9.17) is 9.84 Å². The maximum Gasteiger partial charge on any atom is 0.341 e. The second-order valence-corrected chi connectivity index (χ2v) is 7.91. The predicted molar refractivity (Wildman–Crippen MR) is 107 cm³/mol. The largest absolute Gasteiger partial charge is 0.481 e. The molecule has 3 amide bonds. The number of likely N-dealkylation sites (tertiary alicyclic amines) is 1. The van der Waals surface area contributed by atoms with Gasteiger partial charge in [0.1, 0.15) is 12.3 Å². The summed E-state index contributed by atoms with van der Waals surface area (Å²) in [5.74, 6) is -1.59. The molecule has 29 heavy (non-hydrogen) atoms. The smallest absolute Gasteiger partial charge is 0.341 e. The lowest BCUT2D eigenvalue weighted by atomic mass is 10.0. The minimum absolute atomic E-state index is 0.102. The lowest BCUT2D eigenvalue weighted by Crippen LogP contribution is -2.47. The first-order chi connectivity index (χ1) is 13.9. The molecule has 0 aliphatic carbocycles. The molecule has 1 aromatic carbocycles. The Morgan fingerprint density at radius 3 is 2.76 bits per heavy atom. The van der Waals surface area contributed by atoms with Gasteiger partial charge in [-0.3, -0.25) is 19.3 Å². The normalized spacial score (nSPS) is 21.0. The molecule has 9 heteroatoms. The number of imide groups is 1. The van der Waals surface area contributed by atoms with Gasteiger partial charge >= 0.3 is 5.97 Å². The molecule has 1 atom stereocenters. The number of carbonyl (C=O) groups excluding carboxylic acids is 3. The second kappa shape index (κ2) is 9.13. The topological polar surface area (TPSA) is 104 Å². The number of carbonyl (C=O) groups is 4. The molecule has 2 heterocycles. The number of nitrogens with zero attached hydrogens (tertiary/aromatic N) is 2. The van der Waals surface area contributed by atoms with Crippen molar-refractivity contribution < 1.29 is 29.0 Å². The average Bonchev–Trinajstić information content (AvgIpc) is 2.95. The number of carboxylic acids is 1. The average molecular weight is 418 g/mol. The van der Waals surface area contributed by atoms with Crippen molar-refractivity contribution in [3.63, 3.8) is 0 Å². The molecule has 0 bridgehead atoms. The van der Waals surface area contributed by atoms with E-state index in [1.54, 1.807) is 29.2 Å². The van der Waals surface area contributed by atoms with Crippen molar-refractivity contribution in [1.82, 2.24) is 9.80 Å². The van der Waals surface area contributed by atoms with Gasteiger partial charge in [-0.1, -0.05) is 18.2 Å². The number of benzene rings is 1. The van der Waals surface area contributed by atoms with Gasteiger partial charge in [-0.25, -0.2) is 4.79 Å². The van der Waals surface area contributed by atoms with E-state index in [1.165, 1.54) is 6.08 Å². The number of amides is 3. The maximum absolute atomic E-state index is 12.7. The van der Waals surface area contributed by atoms with Crippen LogP contribution in [0.3, 0.4) is 0 Å². The first kappa shape index (κ1) is 20.9. The summed E-state index contributed by atoms with van der Waals surface area (Å²) < 4.78 is 5.23. The Morgan fingerprint density at radius 1 is 1.28 bits per heavy atom. The Morgan fingerprint density at radius 2 is 2.03 bits per heavy atom. The summed E-state index contributed by atoms with van der Waals surface area (Å²) in [5.41, 5.74) is 0.482. The summed E-state index contributed by atoms with van der Waals surface area (Å²) in [6.45, 7) is 1.82. The Hall–Kier alpha value is -2.81. The van der Waals surface area contributed by atoms with Gasteiger partial charge < -0.3 is 14.7 Å². The molecule has 2 fully saturated rings. The van der Waals surface area contributed by atoms with E-state index >= 15 is 0 Å². The Kier molecular flexibility index (Phi) is 6.58. The van der Waals surface area contributed by atoms with Crippen LogP contribution >= 0.6 is 11.8 Å². The van der Waals surface area contributed by atoms with Crippen molar-refractivity contribution in [2.45, 2.75) is 32.2 Å². The monoisotopic (exact) mass is 418 g/mol. The first-order valence-corrected chi connectivity index (χ1v) is 10.2. The van der Waals surface area contributed by atoms with E-state index in [-0.39, 0.29) is 23.4 Å². The highest BCUT2D eigenvalue weighted by Crippen LogP contribution is 2.34. The molecule has 1 aromatic rings. The van der Waals surface area contributed by atoms with Crippen LogP contribution in [0.5, 0.6) is 5.75 Å². The number of thioether (sulfide) groups is 1. The van der Waals surface area contributed by atoms with Gasteiger partial charge in [0.2, 0.25) is 5.91 Å². The van der Waals surface area contributed by atoms with Gasteiger partial charge in [0, 0.05) is 18.2 Å². The highest BCUT2D eigenvalue weighted by Gasteiger charge is 2.38. The zero-order chi connectivity index (χ0) is 21.0. The fraction of sp³-hybridized carbons (Fsp3) is 0.400. The van der Waals surface area contributed by atoms with Crippen LogP contribution in [0.2, 0.25) is 0 Å². The molecule has 0 saturated carbocycles. The second-order valence-electron chi connectivity index (χ2n) is 6.92. The van der Waals surface area contributed by atoms with Crippen molar-refractivity contribution in [2.75, 3.05) is 19.7 Å². The molecule has 2 aliphatic heterocycles. The number of piperidine rings is 1. The lowest BCUT2D eigenvalue weighted by Gasteiger charge is -2.34. The number of hydrogen-bond acceptors (Lipinski definition) is 6. The number of aliphatic carboxylic acids is 1. The van der Waals surface area contributed by atoms with Crippen LogP contribution in [0.4, 0.5) is 4.79 Å². The standard InChI is InChI=1S/C20H22N2O6S/c1-13-6-4-5-9-21(13)17(23)11-22-19(26)16(29-20(22)27)10-14-7-2-3-8-15(14)28-12-18(24)25/h2-3,7-8,10,13H,4-6,9,11-12H2,1H3,(H,24,25)/b16-10-/t13-/m0/s1. The molecule has 0 unspecified atom stereocenters. The zero-order valence-electron chi connectivity index (χ0n) is 16.0. The summed E-state index contributed by atoms with van der Waals surface area (Å²) in [4.78, 5) is 51.2. The van der Waals surface area contributed by atoms with Gasteiger partial charge in [-0.15, -0.1) is 0 Å². The van der Waals surface area contributed by atoms with Crippen LogP contribution < -0.4 is 4.74 Å². The molecule has 2 aliphatic rings. The van der Waals surface area contributed by atoms with Gasteiger partial charge in [0.05, 0.1) is 4.91 Å². The number of rotatable bonds is 6. The van der Waals surface area contributed by atoms with E-state index in [0.29, 0.717) is 17.9 Å². The van der Waals surface area contributed by atoms with E-state index in [1.807, 2.05) is 6.92 Å². The van der Waals surface area contributed by atoms with Crippen LogP contribution in [0, 0.1) is 0 Å². The van der Waals surface area contributed by atoms with Gasteiger partial charge in [-0.05, 0) is 50.1 Å². The summed E-state index contributed by atoms with van der Waals surface area (Å²) in [6.07, 6.45) is 4.39. The van der Waals surface area contributed by atoms with Crippen molar-refractivity contribution in [1.29, 1.82) is 0 Å². The van der Waals surface area contributed by atoms with Crippen molar-refractivity contribution in [3.05, 3.63) is 34.7 Å². The highest BCUT2D eigenvalue weighted by atomic mass is 32.2. The maximum atomic E-state index is 12.7. The van der Waals surface area contributed by atoms with Gasteiger partial charge in [0.15, 0.2) is 6.61 Å². The van der Waals surface area contributed by atoms with Crippen LogP contribution in [0.15, 0.2) is 29.2 Å². The number of hydrogen-bond donors (Lipinski definition) is 1. The Balaban J connectivity index is 1.73. The third-order valence-electron chi connectivity index (χ3n) is 4.85. The minimum Gasteiger partial charge on any atom is -0.481 e. The van der Waals surface area contributed by atoms with E-state index in [0.717, 1.165) is 35.9 Å². The van der Waals surface area contributed by atoms with Gasteiger partial charge in [-0.2, -0.15) is 0 Å². The van der Waals surface area contributed by atoms with Crippen molar-refractivity contribution in [2.24, 2.45) is 0 Å². The fourth-order valence-corrected chi connectivity index (χ4v) is 4.17. The minimum atomic E-state index is -1.12. The molecule has 154 valence electrons. The predicted octanol–water partition coefficient (Wildman–Crippen LogP) is 2.59. The lowest BCUT2D eigenvalue weighted by molar-refractivity contribution is -0.139. The third kappa shape index (κ3) is 4.97. The van der Waals surface area contributed by atoms with Crippen molar-refractivity contribution in [3.8, 4) is 5.75 Å². The first-order valence-electron chi connectivity index (χ1n) is 9.35. The van der Waals surface area contributed by atoms with E-state index in [2.05, 4.69) is 0 Å². The zero-order valence-corrected chi connectivity index (χ0v) is 16.8. The Labute approximate surface area is 172 Å². The van der Waals surface area contributed by atoms with Crippen LogP contribution in [0.1, 0.15) is 31.7 Å². The van der Waals surface area contributed by atoms with Crippen LogP contribution in [0.25, 0.3) is 6.08 Å². The molecule has 0 spiro atoms. The van der Waals surface area contributed by atoms with E-state index in [9.17, 15) is 19.2 Å². The fourth-order valence-electron chi connectivity index (χ4n) is 3.34. The summed E-state index contributed by atoms with van der Waals surface area (Å²) in [7, 11) is 0. The SMILES string of the molecule is C[C@H]1CCCCN1C(=O)CN1C(=O)S/C(=C\c2ccccc2OCC(=O)O)C1=O. The highest BCUT2D eigenvalue weighted by molar-refractivity contribution is 8.18. The number of carboxylic acid groups (broad SMARTS) is 1. The molecule has 1 N–H and O–H groups in total. The van der Waals surface area contributed by atoms with Gasteiger partial charge in [0.25, 0.3) is 11.1 Å². The number of ether oxygens (including phenoxy) is 1. The summed E-state index contributed by atoms with van der Waals surface area (Å²) in [6, 6.07) is 6.74. The van der Waals surface area contributed by atoms with Crippen LogP contribution in [-0.4, -0.2) is 63.7 Å². The van der Waals surface area contributed by atoms with Crippen molar-refractivity contribution >= 4 is 40.9 Å². The molecular formula is C20H22N2O6S.